The van der Waals surface area contributed by atoms with Crippen molar-refractivity contribution in [1.82, 2.24) is 9.97 Å². The van der Waals surface area contributed by atoms with Crippen LogP contribution in [0.4, 0.5) is 0 Å². The fourth-order valence-electron chi connectivity index (χ4n) is 1.47. The van der Waals surface area contributed by atoms with Gasteiger partial charge in [0.2, 0.25) is 0 Å². The number of H-pyrrole nitrogens is 1. The predicted molar refractivity (Wildman–Crippen MR) is 66.2 cm³/mol. The lowest BCUT2D eigenvalue weighted by Crippen LogP contribution is -2.30. The van der Waals surface area contributed by atoms with Gasteiger partial charge in [-0.3, -0.25) is 0 Å². The van der Waals surface area contributed by atoms with Crippen molar-refractivity contribution in [2.45, 2.75) is 19.4 Å². The second-order valence-corrected chi connectivity index (χ2v) is 4.75. The number of benzene rings is 1. The van der Waals surface area contributed by atoms with Gasteiger partial charge in [0.25, 0.3) is 0 Å². The molecule has 0 amide bonds. The standard InChI is InChI=1S/C12H14ClN3/c1-12(2,14)11-15-7-10(16-11)8-5-3-4-6-9(8)13/h3-7H,14H2,1-2H3,(H,15,16). The summed E-state index contributed by atoms with van der Waals surface area (Å²) in [5, 5.41) is 0.701. The van der Waals surface area contributed by atoms with Crippen LogP contribution in [0.2, 0.25) is 5.02 Å². The van der Waals surface area contributed by atoms with Crippen molar-refractivity contribution in [3.8, 4) is 11.3 Å². The van der Waals surface area contributed by atoms with Gasteiger partial charge in [-0.15, -0.1) is 0 Å². The summed E-state index contributed by atoms with van der Waals surface area (Å²) >= 11 is 6.10. The molecule has 1 heterocycles. The third-order valence-electron chi connectivity index (χ3n) is 2.35. The highest BCUT2D eigenvalue weighted by molar-refractivity contribution is 6.33. The minimum atomic E-state index is -0.473. The Bertz CT molecular complexity index is 497. The van der Waals surface area contributed by atoms with Gasteiger partial charge in [0.15, 0.2) is 0 Å². The van der Waals surface area contributed by atoms with E-state index in [1.165, 1.54) is 0 Å². The second kappa shape index (κ2) is 3.92. The molecule has 0 radical (unpaired) electrons. The number of nitrogens with zero attached hydrogens (tertiary/aromatic N) is 1. The molecule has 1 aromatic carbocycles. The van der Waals surface area contributed by atoms with Crippen LogP contribution in [0.5, 0.6) is 0 Å². The minimum Gasteiger partial charge on any atom is -0.340 e. The molecule has 0 aliphatic heterocycles. The van der Waals surface area contributed by atoms with E-state index in [0.717, 1.165) is 17.1 Å². The van der Waals surface area contributed by atoms with Gasteiger partial charge in [0.05, 0.1) is 17.4 Å². The lowest BCUT2D eigenvalue weighted by atomic mass is 10.1. The van der Waals surface area contributed by atoms with Gasteiger partial charge in [-0.1, -0.05) is 29.8 Å². The fourth-order valence-corrected chi connectivity index (χ4v) is 1.70. The van der Waals surface area contributed by atoms with Crippen LogP contribution >= 0.6 is 11.6 Å². The lowest BCUT2D eigenvalue weighted by molar-refractivity contribution is 0.520. The molecule has 84 valence electrons. The summed E-state index contributed by atoms with van der Waals surface area (Å²) in [5.41, 5.74) is 7.31. The first kappa shape index (κ1) is 11.2. The van der Waals surface area contributed by atoms with Crippen molar-refractivity contribution in [3.63, 3.8) is 0 Å². The maximum atomic E-state index is 6.10. The SMILES string of the molecule is CC(C)(N)c1ncc(-c2ccccc2Cl)[nH]1. The Balaban J connectivity index is 2.44. The molecule has 0 atom stereocenters. The molecule has 2 rings (SSSR count). The summed E-state index contributed by atoms with van der Waals surface area (Å²) in [4.78, 5) is 7.46. The molecule has 0 unspecified atom stereocenters. The normalized spacial score (nSPS) is 11.8. The number of aromatic amines is 1. The van der Waals surface area contributed by atoms with E-state index in [4.69, 9.17) is 17.3 Å². The molecule has 1 aromatic heterocycles. The first-order valence-corrected chi connectivity index (χ1v) is 5.45. The largest absolute Gasteiger partial charge is 0.340 e. The Kier molecular flexibility index (Phi) is 2.74. The summed E-state index contributed by atoms with van der Waals surface area (Å²) in [7, 11) is 0. The van der Waals surface area contributed by atoms with E-state index in [0.29, 0.717) is 5.02 Å². The third-order valence-corrected chi connectivity index (χ3v) is 2.68. The first-order chi connectivity index (χ1) is 7.48. The number of hydrogen-bond acceptors (Lipinski definition) is 2. The number of hydrogen-bond donors (Lipinski definition) is 2. The number of rotatable bonds is 2. The molecule has 0 bridgehead atoms. The monoisotopic (exact) mass is 235 g/mol. The average Bonchev–Trinajstić information content (AvgIpc) is 2.66. The number of nitrogens with two attached hydrogens (primary N) is 1. The summed E-state index contributed by atoms with van der Waals surface area (Å²) in [6.45, 7) is 3.81. The fraction of sp³-hybridized carbons (Fsp3) is 0.250. The van der Waals surface area contributed by atoms with Crippen molar-refractivity contribution in [2.24, 2.45) is 5.73 Å². The maximum absolute atomic E-state index is 6.10. The van der Waals surface area contributed by atoms with E-state index in [9.17, 15) is 0 Å². The van der Waals surface area contributed by atoms with Crippen LogP contribution in [-0.2, 0) is 5.54 Å². The molecule has 3 N–H and O–H groups in total. The van der Waals surface area contributed by atoms with Crippen LogP contribution in [0.3, 0.4) is 0 Å². The Morgan fingerprint density at radius 1 is 1.31 bits per heavy atom. The quantitative estimate of drug-likeness (QED) is 0.841. The van der Waals surface area contributed by atoms with E-state index in [1.807, 2.05) is 38.1 Å². The van der Waals surface area contributed by atoms with Crippen molar-refractivity contribution < 1.29 is 0 Å². The van der Waals surface area contributed by atoms with E-state index in [1.54, 1.807) is 6.20 Å². The van der Waals surface area contributed by atoms with Crippen molar-refractivity contribution in [2.75, 3.05) is 0 Å². The molecule has 0 saturated heterocycles. The molecule has 0 saturated carbocycles. The van der Waals surface area contributed by atoms with E-state index in [-0.39, 0.29) is 0 Å². The summed E-state index contributed by atoms with van der Waals surface area (Å²) in [6, 6.07) is 7.64. The van der Waals surface area contributed by atoms with Crippen LogP contribution < -0.4 is 5.73 Å². The molecule has 0 fully saturated rings. The Labute approximate surface area is 99.7 Å². The van der Waals surface area contributed by atoms with Crippen molar-refractivity contribution in [1.29, 1.82) is 0 Å². The number of aromatic nitrogens is 2. The predicted octanol–water partition coefficient (Wildman–Crippen LogP) is 2.92. The van der Waals surface area contributed by atoms with E-state index < -0.39 is 5.54 Å². The number of nitrogens with one attached hydrogen (secondary N) is 1. The Morgan fingerprint density at radius 3 is 2.56 bits per heavy atom. The maximum Gasteiger partial charge on any atom is 0.126 e. The Morgan fingerprint density at radius 2 is 2.00 bits per heavy atom. The average molecular weight is 236 g/mol. The topological polar surface area (TPSA) is 54.7 Å². The summed E-state index contributed by atoms with van der Waals surface area (Å²) < 4.78 is 0. The zero-order valence-corrected chi connectivity index (χ0v) is 10.0. The molecule has 2 aromatic rings. The van der Waals surface area contributed by atoms with E-state index in [2.05, 4.69) is 9.97 Å². The molecule has 3 nitrogen and oxygen atoms in total. The lowest BCUT2D eigenvalue weighted by Gasteiger charge is -2.14. The van der Waals surface area contributed by atoms with Crippen LogP contribution in [0.1, 0.15) is 19.7 Å². The number of imidazole rings is 1. The smallest absolute Gasteiger partial charge is 0.126 e. The molecule has 16 heavy (non-hydrogen) atoms. The van der Waals surface area contributed by atoms with Crippen molar-refractivity contribution in [3.05, 3.63) is 41.3 Å². The van der Waals surface area contributed by atoms with Gasteiger partial charge >= 0.3 is 0 Å². The molecule has 0 spiro atoms. The van der Waals surface area contributed by atoms with E-state index >= 15 is 0 Å². The minimum absolute atomic E-state index is 0.473. The molecular formula is C12H14ClN3. The summed E-state index contributed by atoms with van der Waals surface area (Å²) in [6.07, 6.45) is 1.76. The van der Waals surface area contributed by atoms with Gasteiger partial charge in [0.1, 0.15) is 5.82 Å². The van der Waals surface area contributed by atoms with Gasteiger partial charge in [-0.2, -0.15) is 0 Å². The van der Waals surface area contributed by atoms with Gasteiger partial charge in [-0.05, 0) is 19.9 Å². The van der Waals surface area contributed by atoms with Gasteiger partial charge in [0, 0.05) is 10.6 Å². The molecule has 0 aliphatic carbocycles. The first-order valence-electron chi connectivity index (χ1n) is 5.08. The van der Waals surface area contributed by atoms with Crippen molar-refractivity contribution >= 4 is 11.6 Å². The van der Waals surface area contributed by atoms with Crippen LogP contribution in [0.15, 0.2) is 30.5 Å². The summed E-state index contributed by atoms with van der Waals surface area (Å²) in [5.74, 6) is 0.752. The number of halogens is 1. The molecule has 4 heteroatoms. The van der Waals surface area contributed by atoms with Crippen LogP contribution in [0.25, 0.3) is 11.3 Å². The highest BCUT2D eigenvalue weighted by atomic mass is 35.5. The van der Waals surface area contributed by atoms with Crippen LogP contribution in [0, 0.1) is 0 Å². The third kappa shape index (κ3) is 2.10. The molecule has 0 aliphatic rings. The zero-order chi connectivity index (χ0) is 11.8. The van der Waals surface area contributed by atoms with Gasteiger partial charge in [-0.25, -0.2) is 4.98 Å². The van der Waals surface area contributed by atoms with Crippen LogP contribution in [-0.4, -0.2) is 9.97 Å². The highest BCUT2D eigenvalue weighted by Gasteiger charge is 2.18. The Hall–Kier alpha value is -1.32. The second-order valence-electron chi connectivity index (χ2n) is 4.35. The zero-order valence-electron chi connectivity index (χ0n) is 9.29. The van der Waals surface area contributed by atoms with Gasteiger partial charge < -0.3 is 10.7 Å². The molecular weight excluding hydrogens is 222 g/mol. The highest BCUT2D eigenvalue weighted by Crippen LogP contribution is 2.27.